The molecule has 0 aliphatic heterocycles. The van der Waals surface area contributed by atoms with Gasteiger partial charge in [0.2, 0.25) is 0 Å². The molecule has 0 atom stereocenters. The van der Waals surface area contributed by atoms with Gasteiger partial charge >= 0.3 is 0 Å². The third-order valence-corrected chi connectivity index (χ3v) is 7.81. The highest BCUT2D eigenvalue weighted by Crippen LogP contribution is 2.39. The van der Waals surface area contributed by atoms with Gasteiger partial charge in [0.05, 0.1) is 0 Å². The maximum Gasteiger partial charge on any atom is 0.0486 e. The van der Waals surface area contributed by atoms with Crippen molar-refractivity contribution in [1.29, 1.82) is 0 Å². The summed E-state index contributed by atoms with van der Waals surface area (Å²) in [5, 5.41) is 12.8. The number of fused-ring (bicyclic) bond motifs is 13. The SMILES string of the molecule is c1ccc2c(c1)ccc1[nH]c3cc4[nH]c5cc6[nH]c7ccc8ccccc8c7c6cc5c4cc3c12. The summed E-state index contributed by atoms with van der Waals surface area (Å²) in [5.74, 6) is 0. The molecule has 3 heterocycles. The molecule has 3 nitrogen and oxygen atoms in total. The standard InChI is InChI=1S/C32H19N3/c1-3-7-19-17(5-1)9-11-25-31(19)23-13-21-22-14-24-30(16-28(22)35-27(21)15-29(23)33-25)34-26-12-10-18-6-2-4-8-20(18)32(24)26/h1-16,33-35H. The molecular weight excluding hydrogens is 426 g/mol. The van der Waals surface area contributed by atoms with Crippen LogP contribution in [0.5, 0.6) is 0 Å². The number of aromatic nitrogens is 3. The summed E-state index contributed by atoms with van der Waals surface area (Å²) < 4.78 is 0. The van der Waals surface area contributed by atoms with E-state index in [2.05, 4.69) is 112 Å². The molecule has 3 heteroatoms. The molecule has 3 N–H and O–H groups in total. The van der Waals surface area contributed by atoms with Crippen LogP contribution in [0.3, 0.4) is 0 Å². The van der Waals surface area contributed by atoms with Crippen LogP contribution < -0.4 is 0 Å². The Morgan fingerprint density at radius 3 is 1.26 bits per heavy atom. The molecule has 0 unspecified atom stereocenters. The zero-order chi connectivity index (χ0) is 22.7. The molecule has 162 valence electrons. The van der Waals surface area contributed by atoms with Crippen molar-refractivity contribution in [2.45, 2.75) is 0 Å². The number of aromatic amines is 3. The monoisotopic (exact) mass is 445 g/mol. The molecule has 0 bridgehead atoms. The first kappa shape index (κ1) is 17.7. The fourth-order valence-corrected chi connectivity index (χ4v) is 6.24. The van der Waals surface area contributed by atoms with Gasteiger partial charge in [-0.05, 0) is 57.9 Å². The van der Waals surface area contributed by atoms with E-state index in [4.69, 9.17) is 0 Å². The van der Waals surface area contributed by atoms with Crippen LogP contribution in [0.25, 0.3) is 87.0 Å². The zero-order valence-corrected chi connectivity index (χ0v) is 18.7. The van der Waals surface area contributed by atoms with Crippen LogP contribution >= 0.6 is 0 Å². The minimum Gasteiger partial charge on any atom is -0.354 e. The van der Waals surface area contributed by atoms with Crippen LogP contribution in [0.1, 0.15) is 0 Å². The Morgan fingerprint density at radius 1 is 0.314 bits per heavy atom. The second kappa shape index (κ2) is 6.02. The maximum atomic E-state index is 3.69. The first-order valence-electron chi connectivity index (χ1n) is 12.0. The lowest BCUT2D eigenvalue weighted by Crippen LogP contribution is -1.75. The lowest BCUT2D eigenvalue weighted by atomic mass is 10.0. The Morgan fingerprint density at radius 2 is 0.743 bits per heavy atom. The van der Waals surface area contributed by atoms with Crippen molar-refractivity contribution < 1.29 is 0 Å². The van der Waals surface area contributed by atoms with Gasteiger partial charge in [-0.1, -0.05) is 60.7 Å². The maximum absolute atomic E-state index is 3.69. The van der Waals surface area contributed by atoms with Crippen molar-refractivity contribution in [1.82, 2.24) is 15.0 Å². The molecule has 0 aliphatic carbocycles. The number of hydrogen-bond acceptors (Lipinski definition) is 0. The second-order valence-electron chi connectivity index (χ2n) is 9.68. The molecule has 6 aromatic carbocycles. The normalized spacial score (nSPS) is 12.6. The van der Waals surface area contributed by atoms with E-state index in [-0.39, 0.29) is 0 Å². The highest BCUT2D eigenvalue weighted by Gasteiger charge is 2.15. The van der Waals surface area contributed by atoms with E-state index in [1.54, 1.807) is 0 Å². The van der Waals surface area contributed by atoms with Gasteiger partial charge in [0.15, 0.2) is 0 Å². The van der Waals surface area contributed by atoms with Crippen LogP contribution in [0.4, 0.5) is 0 Å². The molecule has 9 aromatic rings. The zero-order valence-electron chi connectivity index (χ0n) is 18.7. The van der Waals surface area contributed by atoms with Gasteiger partial charge in [-0.25, -0.2) is 0 Å². The molecular formula is C32H19N3. The fraction of sp³-hybridized carbons (Fsp3) is 0. The number of hydrogen-bond donors (Lipinski definition) is 3. The quantitative estimate of drug-likeness (QED) is 0.209. The summed E-state index contributed by atoms with van der Waals surface area (Å²) in [6.07, 6.45) is 0. The molecule has 3 aromatic heterocycles. The molecule has 0 saturated carbocycles. The van der Waals surface area contributed by atoms with Crippen LogP contribution in [-0.4, -0.2) is 15.0 Å². The Kier molecular flexibility index (Phi) is 3.04. The predicted octanol–water partition coefficient (Wildman–Crippen LogP) is 8.90. The summed E-state index contributed by atoms with van der Waals surface area (Å²) in [7, 11) is 0. The third kappa shape index (κ3) is 2.20. The van der Waals surface area contributed by atoms with E-state index in [0.717, 1.165) is 22.1 Å². The third-order valence-electron chi connectivity index (χ3n) is 7.81. The van der Waals surface area contributed by atoms with Crippen LogP contribution in [-0.2, 0) is 0 Å². The number of H-pyrrole nitrogens is 3. The highest BCUT2D eigenvalue weighted by atomic mass is 14.7. The minimum atomic E-state index is 1.16. The Balaban J connectivity index is 1.45. The second-order valence-corrected chi connectivity index (χ2v) is 9.68. The average Bonchev–Trinajstić information content (AvgIpc) is 3.56. The van der Waals surface area contributed by atoms with Gasteiger partial charge in [0, 0.05) is 65.4 Å². The van der Waals surface area contributed by atoms with Gasteiger partial charge in [-0.2, -0.15) is 0 Å². The molecule has 0 amide bonds. The molecule has 9 rings (SSSR count). The Labute approximate surface area is 199 Å². The Bertz CT molecular complexity index is 2160. The van der Waals surface area contributed by atoms with Crippen molar-refractivity contribution in [3.63, 3.8) is 0 Å². The van der Waals surface area contributed by atoms with Crippen LogP contribution in [0.2, 0.25) is 0 Å². The highest BCUT2D eigenvalue weighted by molar-refractivity contribution is 6.27. The molecule has 0 fully saturated rings. The first-order chi connectivity index (χ1) is 17.3. The van der Waals surface area contributed by atoms with Gasteiger partial charge in [0.1, 0.15) is 0 Å². The van der Waals surface area contributed by atoms with Crippen molar-refractivity contribution in [2.75, 3.05) is 0 Å². The fourth-order valence-electron chi connectivity index (χ4n) is 6.24. The lowest BCUT2D eigenvalue weighted by molar-refractivity contribution is 1.52. The number of benzene rings is 6. The molecule has 0 aliphatic rings. The first-order valence-corrected chi connectivity index (χ1v) is 12.0. The van der Waals surface area contributed by atoms with Gasteiger partial charge in [0.25, 0.3) is 0 Å². The van der Waals surface area contributed by atoms with E-state index in [9.17, 15) is 0 Å². The van der Waals surface area contributed by atoms with Crippen molar-refractivity contribution >= 4 is 87.0 Å². The molecule has 0 radical (unpaired) electrons. The summed E-state index contributed by atoms with van der Waals surface area (Å²) >= 11 is 0. The summed E-state index contributed by atoms with van der Waals surface area (Å²) in [5.41, 5.74) is 7.01. The van der Waals surface area contributed by atoms with E-state index in [1.165, 1.54) is 64.9 Å². The summed E-state index contributed by atoms with van der Waals surface area (Å²) in [4.78, 5) is 11.0. The molecule has 35 heavy (non-hydrogen) atoms. The summed E-state index contributed by atoms with van der Waals surface area (Å²) in [6, 6.07) is 35.4. The Hall–Kier alpha value is -4.76. The average molecular weight is 446 g/mol. The van der Waals surface area contributed by atoms with E-state index in [0.29, 0.717) is 0 Å². The van der Waals surface area contributed by atoms with Gasteiger partial charge < -0.3 is 15.0 Å². The van der Waals surface area contributed by atoms with E-state index < -0.39 is 0 Å². The van der Waals surface area contributed by atoms with E-state index in [1.807, 2.05) is 0 Å². The van der Waals surface area contributed by atoms with Gasteiger partial charge in [-0.3, -0.25) is 0 Å². The minimum absolute atomic E-state index is 1.16. The van der Waals surface area contributed by atoms with Crippen LogP contribution in [0.15, 0.2) is 97.1 Å². The van der Waals surface area contributed by atoms with Gasteiger partial charge in [-0.15, -0.1) is 0 Å². The topological polar surface area (TPSA) is 47.4 Å². The van der Waals surface area contributed by atoms with Crippen molar-refractivity contribution in [2.24, 2.45) is 0 Å². The lowest BCUT2D eigenvalue weighted by Gasteiger charge is -2.01. The largest absolute Gasteiger partial charge is 0.354 e. The molecule has 0 spiro atoms. The molecule has 0 saturated heterocycles. The number of rotatable bonds is 0. The summed E-state index contributed by atoms with van der Waals surface area (Å²) in [6.45, 7) is 0. The smallest absolute Gasteiger partial charge is 0.0486 e. The van der Waals surface area contributed by atoms with Crippen molar-refractivity contribution in [3.8, 4) is 0 Å². The van der Waals surface area contributed by atoms with Crippen molar-refractivity contribution in [3.05, 3.63) is 97.1 Å². The predicted molar refractivity (Wildman–Crippen MR) is 150 cm³/mol. The number of nitrogens with one attached hydrogen (secondary N) is 3. The van der Waals surface area contributed by atoms with Crippen LogP contribution in [0, 0.1) is 0 Å². The van der Waals surface area contributed by atoms with E-state index >= 15 is 0 Å².